The molecule has 0 saturated carbocycles. The van der Waals surface area contributed by atoms with Gasteiger partial charge < -0.3 is 59.5 Å². The van der Waals surface area contributed by atoms with Crippen LogP contribution in [-0.2, 0) is 49.5 Å². The summed E-state index contributed by atoms with van der Waals surface area (Å²) in [5, 5.41) is 8.73. The van der Waals surface area contributed by atoms with Gasteiger partial charge in [-0.3, -0.25) is 19.2 Å². The van der Waals surface area contributed by atoms with Crippen LogP contribution >= 0.6 is 12.6 Å². The first-order chi connectivity index (χ1) is 20.4. The number of carbonyl (C=O) groups is 7. The molecular formula is C25H39N7O11S. The number of amides is 2. The molecule has 0 radical (unpaired) electrons. The van der Waals surface area contributed by atoms with Crippen LogP contribution in [-0.4, -0.2) is 88.8 Å². The molecular weight excluding hydrogens is 606 g/mol. The molecule has 1 aromatic carbocycles. The number of hydrogen-bond acceptors (Lipinski definition) is 16. The molecule has 0 aliphatic rings. The first-order valence-corrected chi connectivity index (χ1v) is 13.5. The molecule has 0 fully saturated rings. The van der Waals surface area contributed by atoms with Crippen molar-refractivity contribution in [3.05, 3.63) is 29.8 Å². The number of primary amides is 2. The zero-order valence-corrected chi connectivity index (χ0v) is 24.7. The van der Waals surface area contributed by atoms with Crippen molar-refractivity contribution in [1.29, 1.82) is 0 Å². The fraction of sp³-hybridized carbons (Fsp3) is 0.480. The van der Waals surface area contributed by atoms with E-state index in [1.807, 2.05) is 0 Å². The number of aliphatic carboxylic acids is 1. The first kappa shape index (κ1) is 39.9. The third kappa shape index (κ3) is 15.9. The van der Waals surface area contributed by atoms with Gasteiger partial charge in [-0.05, 0) is 37.5 Å². The summed E-state index contributed by atoms with van der Waals surface area (Å²) in [6.07, 6.45) is -1.29. The number of carboxylic acid groups (broad SMARTS) is 1. The van der Waals surface area contributed by atoms with E-state index in [2.05, 4.69) is 17.4 Å². The Hall–Kier alpha value is -4.14. The largest absolute Gasteiger partial charge is 0.480 e. The Bertz CT molecular complexity index is 1170. The molecule has 246 valence electrons. The van der Waals surface area contributed by atoms with Gasteiger partial charge in [-0.25, -0.2) is 14.4 Å². The molecule has 0 bridgehead atoms. The second-order valence-electron chi connectivity index (χ2n) is 9.30. The van der Waals surface area contributed by atoms with E-state index >= 15 is 0 Å². The summed E-state index contributed by atoms with van der Waals surface area (Å²) in [6, 6.07) is 0.541. The van der Waals surface area contributed by atoms with Crippen molar-refractivity contribution in [2.24, 2.45) is 40.1 Å². The average Bonchev–Trinajstić information content (AvgIpc) is 2.95. The van der Waals surface area contributed by atoms with Crippen LogP contribution < -0.4 is 44.9 Å². The van der Waals surface area contributed by atoms with Crippen molar-refractivity contribution >= 4 is 54.3 Å². The summed E-state index contributed by atoms with van der Waals surface area (Å²) in [6.45, 7) is 1.32. The molecule has 15 N–H and O–H groups in total. The van der Waals surface area contributed by atoms with Crippen LogP contribution in [0.15, 0.2) is 24.3 Å². The number of rotatable bonds is 16. The molecule has 0 aliphatic carbocycles. The minimum Gasteiger partial charge on any atom is -0.480 e. The molecule has 1 rings (SSSR count). The Kier molecular flexibility index (Phi) is 18.1. The zero-order valence-electron chi connectivity index (χ0n) is 23.8. The number of carboxylic acids is 1. The van der Waals surface area contributed by atoms with Crippen molar-refractivity contribution in [1.82, 2.24) is 0 Å². The maximum atomic E-state index is 11.7. The van der Waals surface area contributed by atoms with Gasteiger partial charge in [0, 0.05) is 12.2 Å². The Morgan fingerprint density at radius 2 is 1.34 bits per heavy atom. The molecule has 0 heterocycles. The molecule has 0 spiro atoms. The maximum Gasteiger partial charge on any atom is 0.334 e. The third-order valence-electron chi connectivity index (χ3n) is 5.42. The lowest BCUT2D eigenvalue weighted by Crippen LogP contribution is -2.48. The number of esters is 4. The molecule has 6 atom stereocenters. The van der Waals surface area contributed by atoms with Crippen LogP contribution in [0.1, 0.15) is 31.7 Å². The Balaban J connectivity index is 0.000000840. The van der Waals surface area contributed by atoms with Gasteiger partial charge in [0.05, 0.1) is 6.42 Å². The summed E-state index contributed by atoms with van der Waals surface area (Å²) in [4.78, 5) is 78.0. The Labute approximate surface area is 257 Å². The smallest absolute Gasteiger partial charge is 0.334 e. The molecule has 2 amide bonds. The highest BCUT2D eigenvalue weighted by atomic mass is 32.1. The van der Waals surface area contributed by atoms with E-state index in [1.54, 1.807) is 12.1 Å². The number of nitrogens with two attached hydrogens (primary N) is 7. The van der Waals surface area contributed by atoms with Crippen LogP contribution in [0.5, 0.6) is 5.75 Å². The molecule has 0 saturated heterocycles. The molecule has 44 heavy (non-hydrogen) atoms. The van der Waals surface area contributed by atoms with Gasteiger partial charge in [0.2, 0.25) is 11.8 Å². The number of thiol groups is 1. The average molecular weight is 646 g/mol. The highest BCUT2D eigenvalue weighted by molar-refractivity contribution is 7.80. The van der Waals surface area contributed by atoms with Crippen LogP contribution in [0, 0.1) is 0 Å². The van der Waals surface area contributed by atoms with E-state index in [0.29, 0.717) is 5.56 Å². The molecule has 0 aromatic heterocycles. The van der Waals surface area contributed by atoms with Gasteiger partial charge in [-0.15, -0.1) is 0 Å². The van der Waals surface area contributed by atoms with E-state index in [-0.39, 0.29) is 30.8 Å². The predicted molar refractivity (Wildman–Crippen MR) is 156 cm³/mol. The fourth-order valence-electron chi connectivity index (χ4n) is 2.80. The predicted octanol–water partition coefficient (Wildman–Crippen LogP) is -4.09. The lowest BCUT2D eigenvalue weighted by atomic mass is 10.1. The van der Waals surface area contributed by atoms with Crippen LogP contribution in [0.25, 0.3) is 0 Å². The van der Waals surface area contributed by atoms with Crippen molar-refractivity contribution in [2.45, 2.75) is 68.9 Å². The van der Waals surface area contributed by atoms with Crippen LogP contribution in [0.2, 0.25) is 0 Å². The summed E-state index contributed by atoms with van der Waals surface area (Å²) < 4.78 is 14.3. The van der Waals surface area contributed by atoms with E-state index in [0.717, 1.165) is 0 Å². The van der Waals surface area contributed by atoms with Crippen molar-refractivity contribution in [2.75, 3.05) is 5.75 Å². The van der Waals surface area contributed by atoms with E-state index in [9.17, 15) is 33.6 Å². The molecule has 1 aromatic rings. The topological polar surface area (TPSA) is 350 Å². The molecule has 0 aliphatic heterocycles. The SMILES string of the molecule is C[C@@H](OC(=O)[C@@H](N)CS)[C@H](N)C(=O)OC(=O)[C@@H](N)CC(N)=O.NC(=O)CC[C@H](N)C(=O)Oc1ccc(C[C@H](N)C(=O)O)cc1. The maximum absolute atomic E-state index is 11.7. The minimum atomic E-state index is -1.43. The lowest BCUT2D eigenvalue weighted by molar-refractivity contribution is -0.165. The van der Waals surface area contributed by atoms with Crippen LogP contribution in [0.3, 0.4) is 0 Å². The van der Waals surface area contributed by atoms with Gasteiger partial charge in [0.1, 0.15) is 42.1 Å². The van der Waals surface area contributed by atoms with Gasteiger partial charge in [-0.2, -0.15) is 12.6 Å². The Morgan fingerprint density at radius 1 is 0.773 bits per heavy atom. The highest BCUT2D eigenvalue weighted by Crippen LogP contribution is 2.14. The minimum absolute atomic E-state index is 0.00226. The number of ether oxygens (including phenoxy) is 3. The summed E-state index contributed by atoms with van der Waals surface area (Å²) in [5.41, 5.74) is 37.7. The van der Waals surface area contributed by atoms with Gasteiger partial charge >= 0.3 is 29.8 Å². The third-order valence-corrected chi connectivity index (χ3v) is 5.82. The second-order valence-corrected chi connectivity index (χ2v) is 9.66. The van der Waals surface area contributed by atoms with Crippen molar-refractivity contribution < 1.29 is 52.9 Å². The Morgan fingerprint density at radius 3 is 1.82 bits per heavy atom. The number of hydrogen-bond donors (Lipinski definition) is 9. The molecule has 18 nitrogen and oxygen atoms in total. The summed E-state index contributed by atoms with van der Waals surface area (Å²) in [5.74, 6) is -5.94. The highest BCUT2D eigenvalue weighted by Gasteiger charge is 2.30. The van der Waals surface area contributed by atoms with Gasteiger partial charge in [0.15, 0.2) is 0 Å². The standard InChI is InChI=1S/C14H19N3O5.C11H20N4O6S/c15-10(5-6-12(17)18)14(21)22-9-3-1-8(2-4-9)7-11(16)13(19)20;1-4(20-10(18)6(13)3-22)8(15)11(19)21-9(17)5(12)2-7(14)16/h1-4,10-11H,5-7,15-16H2,(H2,17,18)(H,19,20);4-6,8,22H,2-3,12-13,15H2,1H3,(H2,14,16)/t10-,11-;4-,5+,6+,8+/m01/s1. The van der Waals surface area contributed by atoms with E-state index in [4.69, 9.17) is 54.7 Å². The lowest BCUT2D eigenvalue weighted by Gasteiger charge is -2.20. The van der Waals surface area contributed by atoms with Crippen molar-refractivity contribution in [3.8, 4) is 5.75 Å². The number of benzene rings is 1. The number of carbonyl (C=O) groups excluding carboxylic acids is 6. The zero-order chi connectivity index (χ0) is 34.1. The molecule has 19 heteroatoms. The van der Waals surface area contributed by atoms with E-state index in [1.165, 1.54) is 19.1 Å². The van der Waals surface area contributed by atoms with Gasteiger partial charge in [-0.1, -0.05) is 12.1 Å². The fourth-order valence-corrected chi connectivity index (χ4v) is 2.94. The normalized spacial score (nSPS) is 14.6. The summed E-state index contributed by atoms with van der Waals surface area (Å²) >= 11 is 3.82. The van der Waals surface area contributed by atoms with Gasteiger partial charge in [0.25, 0.3) is 0 Å². The summed E-state index contributed by atoms with van der Waals surface area (Å²) in [7, 11) is 0. The molecule has 0 unspecified atom stereocenters. The van der Waals surface area contributed by atoms with Crippen LogP contribution in [0.4, 0.5) is 0 Å². The van der Waals surface area contributed by atoms with E-state index < -0.39 is 84.4 Å². The second kappa shape index (κ2) is 19.9. The van der Waals surface area contributed by atoms with Crippen molar-refractivity contribution in [3.63, 3.8) is 0 Å². The monoisotopic (exact) mass is 645 g/mol. The quantitative estimate of drug-likeness (QED) is 0.0357. The first-order valence-electron chi connectivity index (χ1n) is 12.8.